The molecule has 1 fully saturated rings. The van der Waals surface area contributed by atoms with E-state index in [2.05, 4.69) is 22.3 Å². The SMILES string of the molecule is COc1ccc(CN2CC(C(=O)NC3CCCCC3)Oc3ccccc32)cc1. The molecule has 148 valence electrons. The van der Waals surface area contributed by atoms with Crippen LogP contribution in [0, 0.1) is 0 Å². The summed E-state index contributed by atoms with van der Waals surface area (Å²) < 4.78 is 11.3. The van der Waals surface area contributed by atoms with Crippen LogP contribution in [-0.4, -0.2) is 31.7 Å². The molecule has 1 aliphatic heterocycles. The van der Waals surface area contributed by atoms with Crippen LogP contribution in [0.15, 0.2) is 48.5 Å². The quantitative estimate of drug-likeness (QED) is 0.854. The number of hydrogen-bond acceptors (Lipinski definition) is 4. The van der Waals surface area contributed by atoms with Gasteiger partial charge < -0.3 is 19.7 Å². The van der Waals surface area contributed by atoms with E-state index < -0.39 is 6.10 Å². The summed E-state index contributed by atoms with van der Waals surface area (Å²) in [6.45, 7) is 1.26. The van der Waals surface area contributed by atoms with Crippen LogP contribution in [0.4, 0.5) is 5.69 Å². The number of para-hydroxylation sites is 2. The van der Waals surface area contributed by atoms with Gasteiger partial charge in [-0.3, -0.25) is 4.79 Å². The summed E-state index contributed by atoms with van der Waals surface area (Å²) in [5, 5.41) is 3.21. The highest BCUT2D eigenvalue weighted by Crippen LogP contribution is 2.34. The number of carbonyl (C=O) groups excluding carboxylic acids is 1. The van der Waals surface area contributed by atoms with Crippen molar-refractivity contribution in [2.75, 3.05) is 18.6 Å². The van der Waals surface area contributed by atoms with E-state index >= 15 is 0 Å². The summed E-state index contributed by atoms with van der Waals surface area (Å²) in [6.07, 6.45) is 5.33. The summed E-state index contributed by atoms with van der Waals surface area (Å²) in [5.74, 6) is 1.61. The lowest BCUT2D eigenvalue weighted by Gasteiger charge is -2.36. The molecule has 5 heteroatoms. The average Bonchev–Trinajstić information content (AvgIpc) is 2.75. The maximum atomic E-state index is 12.9. The van der Waals surface area contributed by atoms with E-state index in [-0.39, 0.29) is 11.9 Å². The number of hydrogen-bond donors (Lipinski definition) is 1. The Balaban J connectivity index is 1.49. The van der Waals surface area contributed by atoms with Gasteiger partial charge in [-0.05, 0) is 42.7 Å². The summed E-state index contributed by atoms with van der Waals surface area (Å²) in [7, 11) is 1.67. The topological polar surface area (TPSA) is 50.8 Å². The second-order valence-electron chi connectivity index (χ2n) is 7.65. The van der Waals surface area contributed by atoms with Crippen LogP contribution in [0.3, 0.4) is 0 Å². The Hall–Kier alpha value is -2.69. The maximum Gasteiger partial charge on any atom is 0.263 e. The highest BCUT2D eigenvalue weighted by atomic mass is 16.5. The van der Waals surface area contributed by atoms with Crippen molar-refractivity contribution in [2.45, 2.75) is 50.8 Å². The van der Waals surface area contributed by atoms with Crippen molar-refractivity contribution in [1.82, 2.24) is 5.32 Å². The molecule has 1 atom stereocenters. The van der Waals surface area contributed by atoms with Gasteiger partial charge in [0.05, 0.1) is 19.3 Å². The standard InChI is InChI=1S/C23H28N2O3/c1-27-19-13-11-17(12-14-19)15-25-16-22(28-21-10-6-5-9-20(21)25)23(26)24-18-7-3-2-4-8-18/h5-6,9-14,18,22H,2-4,7-8,15-16H2,1H3,(H,24,26). The van der Waals surface area contributed by atoms with E-state index in [9.17, 15) is 4.79 Å². The molecule has 5 nitrogen and oxygen atoms in total. The minimum absolute atomic E-state index is 0.00105. The fraction of sp³-hybridized carbons (Fsp3) is 0.435. The number of rotatable bonds is 5. The zero-order valence-corrected chi connectivity index (χ0v) is 16.4. The first kappa shape index (κ1) is 18.7. The number of nitrogens with one attached hydrogen (secondary N) is 1. The fourth-order valence-corrected chi connectivity index (χ4v) is 4.09. The largest absolute Gasteiger partial charge is 0.497 e. The molecule has 0 spiro atoms. The second-order valence-corrected chi connectivity index (χ2v) is 7.65. The van der Waals surface area contributed by atoms with Gasteiger partial charge in [0.2, 0.25) is 0 Å². The van der Waals surface area contributed by atoms with Gasteiger partial charge >= 0.3 is 0 Å². The van der Waals surface area contributed by atoms with Crippen molar-refractivity contribution >= 4 is 11.6 Å². The molecule has 2 aromatic rings. The zero-order valence-electron chi connectivity index (χ0n) is 16.4. The summed E-state index contributed by atoms with van der Waals surface area (Å²) >= 11 is 0. The first-order valence-electron chi connectivity index (χ1n) is 10.2. The Bertz CT molecular complexity index is 800. The molecule has 28 heavy (non-hydrogen) atoms. The van der Waals surface area contributed by atoms with Crippen LogP contribution in [0.25, 0.3) is 0 Å². The molecule has 1 heterocycles. The monoisotopic (exact) mass is 380 g/mol. The number of carbonyl (C=O) groups is 1. The first-order valence-corrected chi connectivity index (χ1v) is 10.2. The lowest BCUT2D eigenvalue weighted by atomic mass is 9.95. The van der Waals surface area contributed by atoms with Gasteiger partial charge in [-0.1, -0.05) is 43.5 Å². The van der Waals surface area contributed by atoms with E-state index in [0.29, 0.717) is 6.54 Å². The summed E-state index contributed by atoms with van der Waals surface area (Å²) in [4.78, 5) is 15.1. The number of methoxy groups -OCH3 is 1. The Morgan fingerprint density at radius 3 is 2.61 bits per heavy atom. The van der Waals surface area contributed by atoms with Crippen molar-refractivity contribution in [3.63, 3.8) is 0 Å². The van der Waals surface area contributed by atoms with Crippen molar-refractivity contribution < 1.29 is 14.3 Å². The molecule has 2 aliphatic rings. The molecular formula is C23H28N2O3. The molecule has 2 aromatic carbocycles. The van der Waals surface area contributed by atoms with Gasteiger partial charge in [0.15, 0.2) is 6.10 Å². The maximum absolute atomic E-state index is 12.9. The Morgan fingerprint density at radius 2 is 1.86 bits per heavy atom. The molecule has 0 bridgehead atoms. The molecule has 0 saturated heterocycles. The molecular weight excluding hydrogens is 352 g/mol. The lowest BCUT2D eigenvalue weighted by molar-refractivity contribution is -0.128. The van der Waals surface area contributed by atoms with E-state index in [4.69, 9.17) is 9.47 Å². The first-order chi connectivity index (χ1) is 13.7. The van der Waals surface area contributed by atoms with Crippen LogP contribution in [0.5, 0.6) is 11.5 Å². The van der Waals surface area contributed by atoms with E-state index in [1.165, 1.54) is 24.8 Å². The number of anilines is 1. The molecule has 0 radical (unpaired) electrons. The average molecular weight is 380 g/mol. The van der Waals surface area contributed by atoms with Crippen LogP contribution in [0.1, 0.15) is 37.7 Å². The zero-order chi connectivity index (χ0) is 19.3. The lowest BCUT2D eigenvalue weighted by Crippen LogP contribution is -2.51. The van der Waals surface area contributed by atoms with Crippen molar-refractivity contribution in [2.24, 2.45) is 0 Å². The minimum Gasteiger partial charge on any atom is -0.497 e. The van der Waals surface area contributed by atoms with Gasteiger partial charge in [0.1, 0.15) is 11.5 Å². The number of benzene rings is 2. The van der Waals surface area contributed by atoms with Crippen LogP contribution >= 0.6 is 0 Å². The van der Waals surface area contributed by atoms with E-state index in [0.717, 1.165) is 36.6 Å². The minimum atomic E-state index is -0.491. The van der Waals surface area contributed by atoms with Crippen molar-refractivity contribution in [3.05, 3.63) is 54.1 Å². The number of nitrogens with zero attached hydrogens (tertiary/aromatic N) is 1. The van der Waals surface area contributed by atoms with E-state index in [1.54, 1.807) is 7.11 Å². The molecule has 1 N–H and O–H groups in total. The molecule has 1 amide bonds. The fourth-order valence-electron chi connectivity index (χ4n) is 4.09. The van der Waals surface area contributed by atoms with Crippen molar-refractivity contribution in [3.8, 4) is 11.5 Å². The summed E-state index contributed by atoms with van der Waals surface area (Å²) in [5.41, 5.74) is 2.20. The predicted molar refractivity (Wildman–Crippen MR) is 110 cm³/mol. The number of fused-ring (bicyclic) bond motifs is 1. The van der Waals surface area contributed by atoms with Crippen LogP contribution in [-0.2, 0) is 11.3 Å². The van der Waals surface area contributed by atoms with Gasteiger partial charge in [-0.25, -0.2) is 0 Å². The van der Waals surface area contributed by atoms with Crippen molar-refractivity contribution in [1.29, 1.82) is 0 Å². The van der Waals surface area contributed by atoms with Gasteiger partial charge in [0.25, 0.3) is 5.91 Å². The van der Waals surface area contributed by atoms with E-state index in [1.807, 2.05) is 36.4 Å². The third kappa shape index (κ3) is 4.24. The Labute approximate surface area is 166 Å². The third-order valence-corrected chi connectivity index (χ3v) is 5.64. The molecule has 4 rings (SSSR count). The highest BCUT2D eigenvalue weighted by molar-refractivity contribution is 5.83. The Kier molecular flexibility index (Phi) is 5.70. The number of amides is 1. The third-order valence-electron chi connectivity index (χ3n) is 5.64. The molecule has 1 aliphatic carbocycles. The Morgan fingerprint density at radius 1 is 1.11 bits per heavy atom. The normalized spacial score (nSPS) is 19.5. The molecule has 1 saturated carbocycles. The van der Waals surface area contributed by atoms with Gasteiger partial charge in [0, 0.05) is 12.6 Å². The van der Waals surface area contributed by atoms with Gasteiger partial charge in [-0.2, -0.15) is 0 Å². The van der Waals surface area contributed by atoms with Gasteiger partial charge in [-0.15, -0.1) is 0 Å². The molecule has 1 unspecified atom stereocenters. The second kappa shape index (κ2) is 8.55. The van der Waals surface area contributed by atoms with Crippen LogP contribution < -0.4 is 19.7 Å². The molecule has 0 aromatic heterocycles. The predicted octanol–water partition coefficient (Wildman–Crippen LogP) is 3.91. The van der Waals surface area contributed by atoms with Crippen LogP contribution in [0.2, 0.25) is 0 Å². The smallest absolute Gasteiger partial charge is 0.263 e. The summed E-state index contributed by atoms with van der Waals surface area (Å²) in [6, 6.07) is 16.3. The number of ether oxygens (including phenoxy) is 2. The highest BCUT2D eigenvalue weighted by Gasteiger charge is 2.32.